The molecule has 0 amide bonds. The molecule has 0 aliphatic carbocycles. The molecule has 0 radical (unpaired) electrons. The van der Waals surface area contributed by atoms with Crippen LogP contribution in [0.1, 0.15) is 13.3 Å². The van der Waals surface area contributed by atoms with Gasteiger partial charge in [-0.2, -0.15) is 11.8 Å². The summed E-state index contributed by atoms with van der Waals surface area (Å²) >= 11 is 0.851. The summed E-state index contributed by atoms with van der Waals surface area (Å²) in [4.78, 5) is 0. The zero-order chi connectivity index (χ0) is 8.91. The van der Waals surface area contributed by atoms with Gasteiger partial charge in [-0.15, -0.1) is 0 Å². The number of rotatable bonds is 5. The fourth-order valence-corrected chi connectivity index (χ4v) is 1.36. The fourth-order valence-electron chi connectivity index (χ4n) is 0.539. The van der Waals surface area contributed by atoms with E-state index in [1.165, 1.54) is 0 Å². The predicted octanol–water partition coefficient (Wildman–Crippen LogP) is 1.88. The monoisotopic (exact) mass is 187 g/mol. The third kappa shape index (κ3) is 8.07. The average Bonchev–Trinajstić information content (AvgIpc) is 1.83. The summed E-state index contributed by atoms with van der Waals surface area (Å²) in [5.74, 6) is 0. The van der Waals surface area contributed by atoms with Crippen LogP contribution in [0.3, 0.4) is 0 Å². The quantitative estimate of drug-likeness (QED) is 0.663. The number of halogens is 3. The highest BCUT2D eigenvalue weighted by molar-refractivity contribution is 8.01. The Balaban J connectivity index is 3.38. The number of hydrogen-bond acceptors (Lipinski definition) is 2. The highest BCUT2D eigenvalue weighted by atomic mass is 32.2. The van der Waals surface area contributed by atoms with Gasteiger partial charge >= 0.3 is 6.98 Å². The van der Waals surface area contributed by atoms with Crippen molar-refractivity contribution in [2.75, 3.05) is 12.3 Å². The smallest absolute Gasteiger partial charge is 0.448 e. The van der Waals surface area contributed by atoms with Crippen LogP contribution in [0.15, 0.2) is 0 Å². The van der Waals surface area contributed by atoms with Crippen molar-refractivity contribution >= 4 is 18.7 Å². The topological polar surface area (TPSA) is 20.2 Å². The minimum Gasteiger partial charge on any atom is -0.448 e. The van der Waals surface area contributed by atoms with Gasteiger partial charge in [-0.1, -0.05) is 6.92 Å². The normalized spacial score (nSPS) is 15.0. The van der Waals surface area contributed by atoms with Gasteiger partial charge in [0, 0.05) is 11.9 Å². The first-order chi connectivity index (χ1) is 4.95. The van der Waals surface area contributed by atoms with Crippen molar-refractivity contribution < 1.29 is 18.1 Å². The first kappa shape index (κ1) is 11.2. The summed E-state index contributed by atoms with van der Waals surface area (Å²) in [5.41, 5.74) is -0.763. The van der Waals surface area contributed by atoms with E-state index in [1.54, 1.807) is 6.92 Å². The number of thioether (sulfide) groups is 1. The molecule has 0 saturated heterocycles. The Kier molecular flexibility index (Phi) is 5.00. The van der Waals surface area contributed by atoms with Crippen molar-refractivity contribution in [3.63, 3.8) is 0 Å². The molecule has 0 aliphatic heterocycles. The van der Waals surface area contributed by atoms with Gasteiger partial charge in [0.25, 0.3) is 0 Å². The Morgan fingerprint density at radius 3 is 2.36 bits per heavy atom. The summed E-state index contributed by atoms with van der Waals surface area (Å²) < 4.78 is 34.9. The molecule has 6 heteroatoms. The van der Waals surface area contributed by atoms with Crippen molar-refractivity contribution in [3.8, 4) is 0 Å². The molecular weight excluding hydrogens is 176 g/mol. The molecule has 11 heavy (non-hydrogen) atoms. The third-order valence-electron chi connectivity index (χ3n) is 1.11. The molecule has 0 saturated carbocycles. The molecule has 0 spiro atoms. The lowest BCUT2D eigenvalue weighted by atomic mass is 9.98. The van der Waals surface area contributed by atoms with Crippen molar-refractivity contribution in [2.45, 2.75) is 18.6 Å². The van der Waals surface area contributed by atoms with Crippen LogP contribution >= 0.6 is 11.8 Å². The van der Waals surface area contributed by atoms with Crippen LogP contribution in [0, 0.1) is 0 Å². The lowest BCUT2D eigenvalue weighted by molar-refractivity contribution is 0.289. The van der Waals surface area contributed by atoms with E-state index in [0.29, 0.717) is 6.42 Å². The fraction of sp³-hybridized carbons (Fsp3) is 1.00. The Morgan fingerprint density at radius 2 is 2.00 bits per heavy atom. The third-order valence-corrected chi connectivity index (χ3v) is 2.48. The first-order valence-electron chi connectivity index (χ1n) is 3.39. The van der Waals surface area contributed by atoms with Gasteiger partial charge in [-0.05, 0) is 12.1 Å². The molecule has 0 fully saturated rings. The van der Waals surface area contributed by atoms with Crippen LogP contribution in [-0.4, -0.2) is 29.6 Å². The van der Waals surface area contributed by atoms with Crippen LogP contribution in [0.25, 0.3) is 0 Å². The number of hydrogen-bond donors (Lipinski definition) is 1. The molecule has 0 aromatic carbocycles. The maximum Gasteiger partial charge on any atom is 0.488 e. The van der Waals surface area contributed by atoms with Crippen LogP contribution in [0.4, 0.5) is 12.9 Å². The minimum absolute atomic E-state index is 0.0426. The molecule has 0 heterocycles. The van der Waals surface area contributed by atoms with Crippen LogP contribution < -0.4 is 0 Å². The van der Waals surface area contributed by atoms with Gasteiger partial charge in [-0.3, -0.25) is 0 Å². The van der Waals surface area contributed by atoms with Gasteiger partial charge in [0.1, 0.15) is 0 Å². The predicted molar refractivity (Wildman–Crippen MR) is 42.7 cm³/mol. The second kappa shape index (κ2) is 4.93. The zero-order valence-electron chi connectivity index (χ0n) is 6.27. The Morgan fingerprint density at radius 1 is 1.45 bits per heavy atom. The summed E-state index contributed by atoms with van der Waals surface area (Å²) in [6, 6.07) is 0. The van der Waals surface area contributed by atoms with Crippen molar-refractivity contribution in [1.82, 2.24) is 0 Å². The van der Waals surface area contributed by atoms with Crippen molar-refractivity contribution in [2.24, 2.45) is 0 Å². The van der Waals surface area contributed by atoms with E-state index in [-0.39, 0.29) is 11.9 Å². The minimum atomic E-state index is -4.66. The molecule has 1 N–H and O–H groups in total. The summed E-state index contributed by atoms with van der Waals surface area (Å²) in [6.07, 6.45) is 0.427. The molecule has 1 atom stereocenters. The Bertz CT molecular complexity index is 108. The summed E-state index contributed by atoms with van der Waals surface area (Å²) in [6.45, 7) is -3.02. The average molecular weight is 187 g/mol. The lowest BCUT2D eigenvalue weighted by Crippen LogP contribution is -2.21. The second-order valence-corrected chi connectivity index (χ2v) is 3.84. The van der Waals surface area contributed by atoms with Gasteiger partial charge in [-0.25, -0.2) is 0 Å². The van der Waals surface area contributed by atoms with E-state index in [9.17, 15) is 12.9 Å². The number of aliphatic hydroxyl groups excluding tert-OH is 1. The highest BCUT2D eigenvalue weighted by Crippen LogP contribution is 2.21. The van der Waals surface area contributed by atoms with Crippen LogP contribution in [-0.2, 0) is 0 Å². The SMILES string of the molecule is CC(CCO)SC[B-](F)(F)F. The van der Waals surface area contributed by atoms with Gasteiger partial charge < -0.3 is 18.1 Å². The highest BCUT2D eigenvalue weighted by Gasteiger charge is 2.23. The van der Waals surface area contributed by atoms with Crippen molar-refractivity contribution in [3.05, 3.63) is 0 Å². The molecule has 0 bridgehead atoms. The van der Waals surface area contributed by atoms with Gasteiger partial charge in [0.05, 0.1) is 0 Å². The van der Waals surface area contributed by atoms with Crippen LogP contribution in [0.2, 0.25) is 0 Å². The lowest BCUT2D eigenvalue weighted by Gasteiger charge is -2.16. The molecule has 0 aromatic rings. The van der Waals surface area contributed by atoms with E-state index in [0.717, 1.165) is 11.8 Å². The zero-order valence-corrected chi connectivity index (χ0v) is 7.08. The Hall–Kier alpha value is 0.165. The molecule has 1 unspecified atom stereocenters. The van der Waals surface area contributed by atoms with E-state index in [1.807, 2.05) is 0 Å². The molecular formula is C5H11BF3OS-. The maximum atomic E-state index is 11.6. The maximum absolute atomic E-state index is 11.6. The Labute approximate surface area is 68.4 Å². The van der Waals surface area contributed by atoms with E-state index in [2.05, 4.69) is 0 Å². The molecule has 0 rings (SSSR count). The molecule has 0 aromatic heterocycles. The van der Waals surface area contributed by atoms with E-state index < -0.39 is 12.6 Å². The van der Waals surface area contributed by atoms with E-state index in [4.69, 9.17) is 5.11 Å². The van der Waals surface area contributed by atoms with Crippen molar-refractivity contribution in [1.29, 1.82) is 0 Å². The van der Waals surface area contributed by atoms with Gasteiger partial charge in [0.2, 0.25) is 0 Å². The standard InChI is InChI=1S/C5H11BF3OS/c1-5(2-3-10)11-4-6(7,8)9/h5,10H,2-4H2,1H3/q-1. The van der Waals surface area contributed by atoms with Crippen LogP contribution in [0.5, 0.6) is 0 Å². The molecule has 1 nitrogen and oxygen atoms in total. The number of aliphatic hydroxyl groups is 1. The molecule has 68 valence electrons. The second-order valence-electron chi connectivity index (χ2n) is 2.37. The first-order valence-corrected chi connectivity index (χ1v) is 4.44. The van der Waals surface area contributed by atoms with Gasteiger partial charge in [0.15, 0.2) is 0 Å². The summed E-state index contributed by atoms with van der Waals surface area (Å²) in [5, 5.41) is 8.27. The summed E-state index contributed by atoms with van der Waals surface area (Å²) in [7, 11) is 0. The largest absolute Gasteiger partial charge is 0.488 e. The molecule has 0 aliphatic rings. The van der Waals surface area contributed by atoms with E-state index >= 15 is 0 Å².